The van der Waals surface area contributed by atoms with Gasteiger partial charge in [-0.25, -0.2) is 18.6 Å². The minimum Gasteiger partial charge on any atom is -0.478 e. The Bertz CT molecular complexity index is 827. The number of imidazole rings is 1. The van der Waals surface area contributed by atoms with E-state index < -0.39 is 17.6 Å². The molecule has 0 bridgehead atoms. The van der Waals surface area contributed by atoms with E-state index in [0.29, 0.717) is 5.65 Å². The van der Waals surface area contributed by atoms with E-state index in [9.17, 15) is 13.6 Å². The Morgan fingerprint density at radius 1 is 1.25 bits per heavy atom. The Morgan fingerprint density at radius 2 is 2.05 bits per heavy atom. The smallest absolute Gasteiger partial charge is 0.335 e. The van der Waals surface area contributed by atoms with Crippen molar-refractivity contribution in [3.63, 3.8) is 0 Å². The minimum atomic E-state index is -1.08. The molecule has 1 N–H and O–H groups in total. The van der Waals surface area contributed by atoms with Gasteiger partial charge >= 0.3 is 5.97 Å². The van der Waals surface area contributed by atoms with Crippen LogP contribution in [0.3, 0.4) is 0 Å². The maximum absolute atomic E-state index is 13.7. The van der Waals surface area contributed by atoms with Crippen molar-refractivity contribution in [1.82, 2.24) is 9.38 Å². The van der Waals surface area contributed by atoms with Gasteiger partial charge in [0.2, 0.25) is 0 Å². The zero-order chi connectivity index (χ0) is 14.3. The summed E-state index contributed by atoms with van der Waals surface area (Å²) in [6.07, 6.45) is 3.02. The molecular formula is C14H8F2N2O2. The van der Waals surface area contributed by atoms with Gasteiger partial charge in [-0.05, 0) is 24.3 Å². The van der Waals surface area contributed by atoms with Crippen LogP contribution in [0.15, 0.2) is 42.7 Å². The van der Waals surface area contributed by atoms with Crippen LogP contribution in [0.5, 0.6) is 0 Å². The van der Waals surface area contributed by atoms with E-state index in [1.54, 1.807) is 4.40 Å². The van der Waals surface area contributed by atoms with Gasteiger partial charge in [-0.3, -0.25) is 0 Å². The van der Waals surface area contributed by atoms with E-state index in [2.05, 4.69) is 4.98 Å². The summed E-state index contributed by atoms with van der Waals surface area (Å²) in [7, 11) is 0. The fourth-order valence-corrected chi connectivity index (χ4v) is 1.95. The summed E-state index contributed by atoms with van der Waals surface area (Å²) in [6, 6.07) is 6.60. The molecule has 0 aliphatic heterocycles. The number of halogens is 2. The van der Waals surface area contributed by atoms with Crippen molar-refractivity contribution in [2.45, 2.75) is 0 Å². The Labute approximate surface area is 111 Å². The second-order valence-electron chi connectivity index (χ2n) is 4.21. The van der Waals surface area contributed by atoms with Crippen LogP contribution >= 0.6 is 0 Å². The molecule has 0 saturated heterocycles. The van der Waals surface area contributed by atoms with E-state index in [1.165, 1.54) is 36.7 Å². The maximum Gasteiger partial charge on any atom is 0.335 e. The predicted molar refractivity (Wildman–Crippen MR) is 67.5 cm³/mol. The molecule has 1 aromatic carbocycles. The Hall–Kier alpha value is -2.76. The first-order valence-corrected chi connectivity index (χ1v) is 5.72. The van der Waals surface area contributed by atoms with Crippen molar-refractivity contribution >= 4 is 11.6 Å². The number of fused-ring (bicyclic) bond motifs is 1. The van der Waals surface area contributed by atoms with Crippen LogP contribution < -0.4 is 0 Å². The standard InChI is InChI=1S/C14H8F2N2O2/c15-10-3-1-2-9(13(10)16)11-7-18-5-4-8(14(19)20)6-12(18)17-11/h1-7H,(H,19,20). The summed E-state index contributed by atoms with van der Waals surface area (Å²) in [5.41, 5.74) is 0.702. The van der Waals surface area contributed by atoms with E-state index in [1.807, 2.05) is 0 Å². The number of rotatable bonds is 2. The molecule has 0 aliphatic rings. The molecule has 2 heterocycles. The summed E-state index contributed by atoms with van der Waals surface area (Å²) in [6.45, 7) is 0. The monoisotopic (exact) mass is 274 g/mol. The zero-order valence-electron chi connectivity index (χ0n) is 10.0. The molecule has 3 rings (SSSR count). The van der Waals surface area contributed by atoms with Crippen molar-refractivity contribution in [2.24, 2.45) is 0 Å². The normalized spacial score (nSPS) is 10.9. The van der Waals surface area contributed by atoms with Crippen LogP contribution in [0.25, 0.3) is 16.9 Å². The highest BCUT2D eigenvalue weighted by molar-refractivity contribution is 5.88. The minimum absolute atomic E-state index is 0.0329. The number of carboxylic acids is 1. The Balaban J connectivity index is 2.18. The molecule has 2 aromatic heterocycles. The second-order valence-corrected chi connectivity index (χ2v) is 4.21. The fraction of sp³-hybridized carbons (Fsp3) is 0. The topological polar surface area (TPSA) is 54.6 Å². The molecule has 6 heteroatoms. The SMILES string of the molecule is O=C(O)c1ccn2cc(-c3cccc(F)c3F)nc2c1. The highest BCUT2D eigenvalue weighted by Gasteiger charge is 2.13. The lowest BCUT2D eigenvalue weighted by molar-refractivity contribution is 0.0697. The van der Waals surface area contributed by atoms with Crippen molar-refractivity contribution in [1.29, 1.82) is 0 Å². The number of aromatic carboxylic acids is 1. The van der Waals surface area contributed by atoms with Crippen molar-refractivity contribution in [3.05, 3.63) is 59.9 Å². The summed E-state index contributed by atoms with van der Waals surface area (Å²) in [5.74, 6) is -3.01. The molecule has 0 amide bonds. The van der Waals surface area contributed by atoms with Gasteiger partial charge in [0, 0.05) is 18.0 Å². The lowest BCUT2D eigenvalue weighted by Crippen LogP contribution is -1.96. The van der Waals surface area contributed by atoms with Gasteiger partial charge in [-0.15, -0.1) is 0 Å². The molecule has 0 spiro atoms. The fourth-order valence-electron chi connectivity index (χ4n) is 1.95. The molecule has 20 heavy (non-hydrogen) atoms. The van der Waals surface area contributed by atoms with Crippen LogP contribution in [0.2, 0.25) is 0 Å². The van der Waals surface area contributed by atoms with Gasteiger partial charge in [0.15, 0.2) is 11.6 Å². The number of pyridine rings is 1. The summed E-state index contributed by atoms with van der Waals surface area (Å²) in [5, 5.41) is 8.90. The molecule has 0 fully saturated rings. The summed E-state index contributed by atoms with van der Waals surface area (Å²) >= 11 is 0. The number of hydrogen-bond donors (Lipinski definition) is 1. The van der Waals surface area contributed by atoms with Gasteiger partial charge < -0.3 is 9.51 Å². The van der Waals surface area contributed by atoms with Crippen LogP contribution in [0.4, 0.5) is 8.78 Å². The third-order valence-electron chi connectivity index (χ3n) is 2.93. The van der Waals surface area contributed by atoms with Crippen LogP contribution in [0.1, 0.15) is 10.4 Å². The number of nitrogens with zero attached hydrogens (tertiary/aromatic N) is 2. The van der Waals surface area contributed by atoms with Crippen molar-refractivity contribution < 1.29 is 18.7 Å². The molecule has 0 radical (unpaired) electrons. The highest BCUT2D eigenvalue weighted by Crippen LogP contribution is 2.24. The molecule has 100 valence electrons. The number of carbonyl (C=O) groups is 1. The summed E-state index contributed by atoms with van der Waals surface area (Å²) < 4.78 is 28.5. The van der Waals surface area contributed by atoms with Gasteiger partial charge in [0.1, 0.15) is 5.65 Å². The molecule has 0 saturated carbocycles. The van der Waals surface area contributed by atoms with E-state index >= 15 is 0 Å². The lowest BCUT2D eigenvalue weighted by atomic mass is 10.1. The maximum atomic E-state index is 13.7. The second kappa shape index (κ2) is 4.41. The molecule has 3 aromatic rings. The Morgan fingerprint density at radius 3 is 2.80 bits per heavy atom. The van der Waals surface area contributed by atoms with Crippen LogP contribution in [-0.4, -0.2) is 20.5 Å². The van der Waals surface area contributed by atoms with Gasteiger partial charge in [-0.2, -0.15) is 0 Å². The van der Waals surface area contributed by atoms with Gasteiger partial charge in [0.25, 0.3) is 0 Å². The average molecular weight is 274 g/mol. The van der Waals surface area contributed by atoms with Gasteiger partial charge in [0.05, 0.1) is 11.3 Å². The van der Waals surface area contributed by atoms with Crippen molar-refractivity contribution in [2.75, 3.05) is 0 Å². The summed E-state index contributed by atoms with van der Waals surface area (Å²) in [4.78, 5) is 15.0. The first-order chi connectivity index (χ1) is 9.56. The van der Waals surface area contributed by atoms with Gasteiger partial charge in [-0.1, -0.05) is 6.07 Å². The predicted octanol–water partition coefficient (Wildman–Crippen LogP) is 2.98. The molecular weight excluding hydrogens is 266 g/mol. The largest absolute Gasteiger partial charge is 0.478 e. The molecule has 4 nitrogen and oxygen atoms in total. The number of aromatic nitrogens is 2. The number of hydrogen-bond acceptors (Lipinski definition) is 2. The molecule has 0 aliphatic carbocycles. The number of carboxylic acid groups (broad SMARTS) is 1. The quantitative estimate of drug-likeness (QED) is 0.781. The Kier molecular flexibility index (Phi) is 2.71. The van der Waals surface area contributed by atoms with Crippen molar-refractivity contribution in [3.8, 4) is 11.3 Å². The first kappa shape index (κ1) is 12.3. The van der Waals surface area contributed by atoms with E-state index in [-0.39, 0.29) is 16.8 Å². The lowest BCUT2D eigenvalue weighted by Gasteiger charge is -1.98. The van der Waals surface area contributed by atoms with E-state index in [0.717, 1.165) is 6.07 Å². The third-order valence-corrected chi connectivity index (χ3v) is 2.93. The van der Waals surface area contributed by atoms with E-state index in [4.69, 9.17) is 5.11 Å². The first-order valence-electron chi connectivity index (χ1n) is 5.72. The average Bonchev–Trinajstić information content (AvgIpc) is 2.84. The highest BCUT2D eigenvalue weighted by atomic mass is 19.2. The zero-order valence-corrected chi connectivity index (χ0v) is 10.0. The van der Waals surface area contributed by atoms with Crippen LogP contribution in [-0.2, 0) is 0 Å². The third kappa shape index (κ3) is 1.91. The molecule has 0 unspecified atom stereocenters. The number of benzene rings is 1. The molecule has 0 atom stereocenters. The van der Waals surface area contributed by atoms with Crippen LogP contribution in [0, 0.1) is 11.6 Å².